The molecule has 0 saturated carbocycles. The van der Waals surface area contributed by atoms with E-state index >= 15 is 0 Å². The van der Waals surface area contributed by atoms with Gasteiger partial charge < -0.3 is 9.84 Å². The van der Waals surface area contributed by atoms with Crippen molar-refractivity contribution in [2.75, 3.05) is 13.2 Å². The summed E-state index contributed by atoms with van der Waals surface area (Å²) in [5.74, 6) is 0.241. The Hall–Kier alpha value is -0.410. The molecule has 0 rings (SSSR count). The minimum atomic E-state index is -0.484. The highest BCUT2D eigenvalue weighted by molar-refractivity contribution is 5.78. The summed E-state index contributed by atoms with van der Waals surface area (Å²) in [6.07, 6.45) is 4.18. The van der Waals surface area contributed by atoms with Gasteiger partial charge in [-0.05, 0) is 19.3 Å². The lowest BCUT2D eigenvalue weighted by molar-refractivity contribution is -0.119. The maximum atomic E-state index is 11.2. The minimum Gasteiger partial charge on any atom is -0.391 e. The molecule has 0 amide bonds. The predicted molar refractivity (Wildman–Crippen MR) is 60.9 cm³/mol. The number of ether oxygens (including phenoxy) is 1. The van der Waals surface area contributed by atoms with Crippen molar-refractivity contribution in [2.45, 2.75) is 58.5 Å². The number of ketones is 1. The lowest BCUT2D eigenvalue weighted by Crippen LogP contribution is -2.17. The van der Waals surface area contributed by atoms with E-state index in [9.17, 15) is 9.90 Å². The fourth-order valence-electron chi connectivity index (χ4n) is 1.28. The number of aliphatic hydroxyl groups excluding tert-OH is 1. The van der Waals surface area contributed by atoms with E-state index in [0.29, 0.717) is 32.5 Å². The molecule has 0 aliphatic rings. The normalized spacial score (nSPS) is 12.7. The van der Waals surface area contributed by atoms with E-state index < -0.39 is 6.10 Å². The third-order valence-electron chi connectivity index (χ3n) is 2.24. The molecule has 0 fully saturated rings. The van der Waals surface area contributed by atoms with Gasteiger partial charge in [-0.3, -0.25) is 4.79 Å². The monoisotopic (exact) mass is 216 g/mol. The number of carbonyl (C=O) groups is 1. The molecule has 0 radical (unpaired) electrons. The fraction of sp³-hybridized carbons (Fsp3) is 0.917. The van der Waals surface area contributed by atoms with Crippen LogP contribution in [0.4, 0.5) is 0 Å². The lowest BCUT2D eigenvalue weighted by atomic mass is 10.1. The molecule has 0 aromatic heterocycles. The van der Waals surface area contributed by atoms with Crippen LogP contribution in [0.25, 0.3) is 0 Å². The molecule has 0 bridgehead atoms. The molecular weight excluding hydrogens is 192 g/mol. The van der Waals surface area contributed by atoms with Gasteiger partial charge in [0.2, 0.25) is 0 Å². The summed E-state index contributed by atoms with van der Waals surface area (Å²) in [4.78, 5) is 11.2. The van der Waals surface area contributed by atoms with E-state index in [-0.39, 0.29) is 5.78 Å². The highest BCUT2D eigenvalue weighted by Crippen LogP contribution is 2.03. The number of Topliss-reactive ketones (excluding diaryl/α,β-unsaturated/α-hetero) is 1. The van der Waals surface area contributed by atoms with Crippen LogP contribution in [0.5, 0.6) is 0 Å². The topological polar surface area (TPSA) is 46.5 Å². The molecule has 0 aromatic carbocycles. The molecule has 1 atom stereocenters. The van der Waals surface area contributed by atoms with Crippen molar-refractivity contribution in [1.82, 2.24) is 0 Å². The van der Waals surface area contributed by atoms with Crippen LogP contribution < -0.4 is 0 Å². The second-order valence-electron chi connectivity index (χ2n) is 3.91. The fourth-order valence-corrected chi connectivity index (χ4v) is 1.28. The first-order valence-electron chi connectivity index (χ1n) is 5.98. The van der Waals surface area contributed by atoms with E-state index in [1.54, 1.807) is 0 Å². The van der Waals surface area contributed by atoms with Gasteiger partial charge in [-0.15, -0.1) is 0 Å². The van der Waals surface area contributed by atoms with E-state index in [1.165, 1.54) is 0 Å². The van der Waals surface area contributed by atoms with Crippen LogP contribution in [0.15, 0.2) is 0 Å². The number of aliphatic hydroxyl groups is 1. The van der Waals surface area contributed by atoms with Crippen molar-refractivity contribution in [3.05, 3.63) is 0 Å². The van der Waals surface area contributed by atoms with Crippen LogP contribution >= 0.6 is 0 Å². The van der Waals surface area contributed by atoms with Crippen LogP contribution in [0.2, 0.25) is 0 Å². The van der Waals surface area contributed by atoms with E-state index in [0.717, 1.165) is 19.3 Å². The number of rotatable bonds is 10. The Kier molecular flexibility index (Phi) is 9.84. The molecule has 0 saturated heterocycles. The Bertz CT molecular complexity index is 157. The molecule has 0 aliphatic heterocycles. The second kappa shape index (κ2) is 10.1. The van der Waals surface area contributed by atoms with Gasteiger partial charge in [0.1, 0.15) is 5.78 Å². The molecule has 15 heavy (non-hydrogen) atoms. The maximum Gasteiger partial charge on any atom is 0.133 e. The molecule has 3 nitrogen and oxygen atoms in total. The van der Waals surface area contributed by atoms with Crippen molar-refractivity contribution < 1.29 is 14.6 Å². The molecule has 1 unspecified atom stereocenters. The summed E-state index contributed by atoms with van der Waals surface area (Å²) in [6, 6.07) is 0. The molecule has 90 valence electrons. The number of hydrogen-bond acceptors (Lipinski definition) is 3. The Morgan fingerprint density at radius 2 is 2.00 bits per heavy atom. The predicted octanol–water partition coefficient (Wildman–Crippen LogP) is 2.31. The standard InChI is InChI=1S/C12H24O3/c1-3-5-9-15-10-12(14)8-7-11(13)6-4-2/h12,14H,3-10H2,1-2H3. The van der Waals surface area contributed by atoms with Crippen LogP contribution in [0.1, 0.15) is 52.4 Å². The van der Waals surface area contributed by atoms with E-state index in [1.807, 2.05) is 6.92 Å². The summed E-state index contributed by atoms with van der Waals surface area (Å²) in [5.41, 5.74) is 0. The zero-order chi connectivity index (χ0) is 11.5. The number of unbranched alkanes of at least 4 members (excludes halogenated alkanes) is 1. The SMILES string of the molecule is CCCCOCC(O)CCC(=O)CCC. The van der Waals surface area contributed by atoms with Gasteiger partial charge in [-0.1, -0.05) is 20.3 Å². The Morgan fingerprint density at radius 3 is 2.60 bits per heavy atom. The van der Waals surface area contributed by atoms with Gasteiger partial charge in [0.05, 0.1) is 12.7 Å². The third-order valence-corrected chi connectivity index (χ3v) is 2.24. The molecule has 0 aliphatic carbocycles. The van der Waals surface area contributed by atoms with Crippen molar-refractivity contribution in [3.8, 4) is 0 Å². The van der Waals surface area contributed by atoms with Crippen LogP contribution in [0.3, 0.4) is 0 Å². The zero-order valence-electron chi connectivity index (χ0n) is 10.00. The highest BCUT2D eigenvalue weighted by atomic mass is 16.5. The molecule has 1 N–H and O–H groups in total. The third kappa shape index (κ3) is 9.88. The minimum absolute atomic E-state index is 0.241. The van der Waals surface area contributed by atoms with Crippen molar-refractivity contribution >= 4 is 5.78 Å². The summed E-state index contributed by atoms with van der Waals surface area (Å²) in [5, 5.41) is 9.49. The second-order valence-corrected chi connectivity index (χ2v) is 3.91. The lowest BCUT2D eigenvalue weighted by Gasteiger charge is -2.10. The molecule has 0 spiro atoms. The van der Waals surface area contributed by atoms with Gasteiger partial charge in [-0.25, -0.2) is 0 Å². The Morgan fingerprint density at radius 1 is 1.27 bits per heavy atom. The molecular formula is C12H24O3. The summed E-state index contributed by atoms with van der Waals surface area (Å²) in [6.45, 7) is 5.15. The van der Waals surface area contributed by atoms with Crippen molar-refractivity contribution in [3.63, 3.8) is 0 Å². The van der Waals surface area contributed by atoms with Crippen molar-refractivity contribution in [1.29, 1.82) is 0 Å². The highest BCUT2D eigenvalue weighted by Gasteiger charge is 2.07. The first-order chi connectivity index (χ1) is 7.20. The van der Waals surface area contributed by atoms with Crippen LogP contribution in [-0.4, -0.2) is 30.2 Å². The van der Waals surface area contributed by atoms with Crippen molar-refractivity contribution in [2.24, 2.45) is 0 Å². The average molecular weight is 216 g/mol. The van der Waals surface area contributed by atoms with E-state index in [4.69, 9.17) is 4.74 Å². The maximum absolute atomic E-state index is 11.2. The van der Waals surface area contributed by atoms with Crippen LogP contribution in [-0.2, 0) is 9.53 Å². The summed E-state index contributed by atoms with van der Waals surface area (Å²) in [7, 11) is 0. The first kappa shape index (κ1) is 14.6. The first-order valence-corrected chi connectivity index (χ1v) is 5.98. The number of carbonyl (C=O) groups excluding carboxylic acids is 1. The Labute approximate surface area is 92.8 Å². The average Bonchev–Trinajstić information content (AvgIpc) is 2.22. The molecule has 0 heterocycles. The smallest absolute Gasteiger partial charge is 0.133 e. The van der Waals surface area contributed by atoms with Gasteiger partial charge in [0.15, 0.2) is 0 Å². The molecule has 3 heteroatoms. The van der Waals surface area contributed by atoms with Gasteiger partial charge >= 0.3 is 0 Å². The van der Waals surface area contributed by atoms with Gasteiger partial charge in [-0.2, -0.15) is 0 Å². The van der Waals surface area contributed by atoms with Crippen LogP contribution in [0, 0.1) is 0 Å². The summed E-state index contributed by atoms with van der Waals surface area (Å²) >= 11 is 0. The van der Waals surface area contributed by atoms with Gasteiger partial charge in [0, 0.05) is 19.4 Å². The quantitative estimate of drug-likeness (QED) is 0.570. The zero-order valence-corrected chi connectivity index (χ0v) is 10.00. The largest absolute Gasteiger partial charge is 0.391 e. The van der Waals surface area contributed by atoms with Gasteiger partial charge in [0.25, 0.3) is 0 Å². The number of hydrogen-bond donors (Lipinski definition) is 1. The molecule has 0 aromatic rings. The Balaban J connectivity index is 3.32. The summed E-state index contributed by atoms with van der Waals surface area (Å²) < 4.78 is 5.27. The van der Waals surface area contributed by atoms with E-state index in [2.05, 4.69) is 6.92 Å².